The second kappa shape index (κ2) is 5.59. The Balaban J connectivity index is 2.21. The van der Waals surface area contributed by atoms with Gasteiger partial charge in [0, 0.05) is 28.9 Å². The van der Waals surface area contributed by atoms with Gasteiger partial charge in [-0.05, 0) is 40.5 Å². The molecular weight excluding hydrogens is 297 g/mol. The van der Waals surface area contributed by atoms with Crippen molar-refractivity contribution in [1.29, 1.82) is 0 Å². The minimum Gasteiger partial charge on any atom is -0.388 e. The van der Waals surface area contributed by atoms with Crippen molar-refractivity contribution in [3.05, 3.63) is 63.6 Å². The molecule has 1 unspecified atom stereocenters. The maximum absolute atomic E-state index is 13.6. The number of aryl methyl sites for hydroxylation is 1. The number of benzene rings is 1. The molecule has 0 saturated heterocycles. The van der Waals surface area contributed by atoms with E-state index in [2.05, 4.69) is 20.9 Å². The Labute approximate surface area is 114 Å². The van der Waals surface area contributed by atoms with Crippen LogP contribution in [0.4, 0.5) is 4.39 Å². The van der Waals surface area contributed by atoms with Crippen molar-refractivity contribution in [3.8, 4) is 0 Å². The normalized spacial score (nSPS) is 12.4. The number of rotatable bonds is 3. The van der Waals surface area contributed by atoms with Crippen molar-refractivity contribution >= 4 is 15.9 Å². The minimum atomic E-state index is -0.860. The van der Waals surface area contributed by atoms with Crippen LogP contribution in [-0.4, -0.2) is 10.1 Å². The van der Waals surface area contributed by atoms with Gasteiger partial charge >= 0.3 is 0 Å². The number of aliphatic hydroxyl groups is 1. The minimum absolute atomic E-state index is 0.329. The van der Waals surface area contributed by atoms with Gasteiger partial charge in [-0.3, -0.25) is 4.98 Å². The Morgan fingerprint density at radius 2 is 2.11 bits per heavy atom. The van der Waals surface area contributed by atoms with Crippen LogP contribution in [0.3, 0.4) is 0 Å². The summed E-state index contributed by atoms with van der Waals surface area (Å²) < 4.78 is 14.5. The molecule has 94 valence electrons. The number of aliphatic hydroxyl groups excluding tert-OH is 1. The molecule has 1 N–H and O–H groups in total. The van der Waals surface area contributed by atoms with E-state index in [1.807, 2.05) is 13.0 Å². The van der Waals surface area contributed by atoms with Gasteiger partial charge in [0.15, 0.2) is 0 Å². The summed E-state index contributed by atoms with van der Waals surface area (Å²) in [6.07, 6.45) is 2.82. The van der Waals surface area contributed by atoms with Gasteiger partial charge in [-0.25, -0.2) is 4.39 Å². The molecule has 0 spiro atoms. The highest BCUT2D eigenvalue weighted by Crippen LogP contribution is 2.23. The highest BCUT2D eigenvalue weighted by Gasteiger charge is 2.14. The Morgan fingerprint density at radius 3 is 2.83 bits per heavy atom. The van der Waals surface area contributed by atoms with Gasteiger partial charge < -0.3 is 5.11 Å². The SMILES string of the molecule is Cc1ccc(F)c(C(O)Cc2cncc(Br)c2)c1. The second-order valence-corrected chi connectivity index (χ2v) is 5.17. The Kier molecular flexibility index (Phi) is 4.09. The molecule has 2 aromatic rings. The molecule has 0 aliphatic carbocycles. The molecule has 0 aliphatic rings. The number of pyridine rings is 1. The first-order valence-electron chi connectivity index (χ1n) is 5.60. The highest BCUT2D eigenvalue weighted by atomic mass is 79.9. The molecule has 1 atom stereocenters. The number of hydrogen-bond donors (Lipinski definition) is 1. The van der Waals surface area contributed by atoms with Crippen LogP contribution in [0.2, 0.25) is 0 Å². The van der Waals surface area contributed by atoms with E-state index >= 15 is 0 Å². The zero-order valence-corrected chi connectivity index (χ0v) is 11.5. The Morgan fingerprint density at radius 1 is 1.33 bits per heavy atom. The van der Waals surface area contributed by atoms with Gasteiger partial charge in [0.2, 0.25) is 0 Å². The maximum Gasteiger partial charge on any atom is 0.129 e. The van der Waals surface area contributed by atoms with Gasteiger partial charge in [-0.2, -0.15) is 0 Å². The summed E-state index contributed by atoms with van der Waals surface area (Å²) >= 11 is 3.32. The van der Waals surface area contributed by atoms with E-state index in [4.69, 9.17) is 0 Å². The fourth-order valence-corrected chi connectivity index (χ4v) is 2.23. The predicted molar refractivity (Wildman–Crippen MR) is 71.7 cm³/mol. The van der Waals surface area contributed by atoms with E-state index in [1.165, 1.54) is 6.07 Å². The van der Waals surface area contributed by atoms with E-state index < -0.39 is 6.10 Å². The van der Waals surface area contributed by atoms with E-state index in [0.717, 1.165) is 15.6 Å². The van der Waals surface area contributed by atoms with Crippen LogP contribution in [0, 0.1) is 12.7 Å². The molecule has 2 nitrogen and oxygen atoms in total. The molecule has 0 fully saturated rings. The topological polar surface area (TPSA) is 33.1 Å². The summed E-state index contributed by atoms with van der Waals surface area (Å²) in [5.41, 5.74) is 2.12. The molecule has 4 heteroatoms. The first-order valence-corrected chi connectivity index (χ1v) is 6.39. The zero-order valence-electron chi connectivity index (χ0n) is 9.90. The van der Waals surface area contributed by atoms with Crippen molar-refractivity contribution < 1.29 is 9.50 Å². The Bertz CT molecular complexity index is 559. The van der Waals surface area contributed by atoms with Crippen LogP contribution in [0.5, 0.6) is 0 Å². The van der Waals surface area contributed by atoms with Crippen LogP contribution in [-0.2, 0) is 6.42 Å². The van der Waals surface area contributed by atoms with Crippen molar-refractivity contribution in [2.24, 2.45) is 0 Å². The van der Waals surface area contributed by atoms with Crippen LogP contribution in [0.1, 0.15) is 22.8 Å². The third-order valence-electron chi connectivity index (χ3n) is 2.70. The van der Waals surface area contributed by atoms with Crippen LogP contribution < -0.4 is 0 Å². The Hall–Kier alpha value is -1.26. The fourth-order valence-electron chi connectivity index (χ4n) is 1.82. The molecule has 0 bridgehead atoms. The number of nitrogens with zero attached hydrogens (tertiary/aromatic N) is 1. The average Bonchev–Trinajstić information content (AvgIpc) is 2.32. The number of halogens is 2. The highest BCUT2D eigenvalue weighted by molar-refractivity contribution is 9.10. The zero-order chi connectivity index (χ0) is 13.1. The molecule has 1 aromatic carbocycles. The molecule has 2 rings (SSSR count). The van der Waals surface area contributed by atoms with Crippen molar-refractivity contribution in [1.82, 2.24) is 4.98 Å². The first-order chi connectivity index (χ1) is 8.56. The lowest BCUT2D eigenvalue weighted by atomic mass is 10.0. The average molecular weight is 310 g/mol. The summed E-state index contributed by atoms with van der Waals surface area (Å²) in [5.74, 6) is -0.379. The molecular formula is C14H13BrFNO. The second-order valence-electron chi connectivity index (χ2n) is 4.26. The molecule has 18 heavy (non-hydrogen) atoms. The molecule has 1 heterocycles. The summed E-state index contributed by atoms with van der Waals surface area (Å²) in [6.45, 7) is 1.87. The lowest BCUT2D eigenvalue weighted by molar-refractivity contribution is 0.173. The summed E-state index contributed by atoms with van der Waals surface area (Å²) in [4.78, 5) is 4.02. The first kappa shape index (κ1) is 13.2. The maximum atomic E-state index is 13.6. The third-order valence-corrected chi connectivity index (χ3v) is 3.13. The molecule has 0 amide bonds. The molecule has 0 aliphatic heterocycles. The quantitative estimate of drug-likeness (QED) is 0.940. The number of hydrogen-bond acceptors (Lipinski definition) is 2. The largest absolute Gasteiger partial charge is 0.388 e. The molecule has 0 radical (unpaired) electrons. The van der Waals surface area contributed by atoms with Gasteiger partial charge in [-0.15, -0.1) is 0 Å². The van der Waals surface area contributed by atoms with Crippen LogP contribution in [0.15, 0.2) is 41.1 Å². The van der Waals surface area contributed by atoms with Crippen LogP contribution >= 0.6 is 15.9 Å². The van der Waals surface area contributed by atoms with Gasteiger partial charge in [0.1, 0.15) is 5.82 Å². The van der Waals surface area contributed by atoms with E-state index in [1.54, 1.807) is 24.5 Å². The summed E-state index contributed by atoms with van der Waals surface area (Å²) in [7, 11) is 0. The number of aromatic nitrogens is 1. The molecule has 1 aromatic heterocycles. The lowest BCUT2D eigenvalue weighted by Gasteiger charge is -2.12. The van der Waals surface area contributed by atoms with Crippen molar-refractivity contribution in [2.75, 3.05) is 0 Å². The van der Waals surface area contributed by atoms with Gasteiger partial charge in [-0.1, -0.05) is 17.7 Å². The monoisotopic (exact) mass is 309 g/mol. The standard InChI is InChI=1S/C14H13BrFNO/c1-9-2-3-13(16)12(4-9)14(18)6-10-5-11(15)8-17-7-10/h2-5,7-8,14,18H,6H2,1H3. The van der Waals surface area contributed by atoms with Gasteiger partial charge in [0.25, 0.3) is 0 Å². The van der Waals surface area contributed by atoms with E-state index in [-0.39, 0.29) is 5.82 Å². The van der Waals surface area contributed by atoms with Crippen molar-refractivity contribution in [3.63, 3.8) is 0 Å². The predicted octanol–water partition coefficient (Wildman–Crippen LogP) is 3.57. The van der Waals surface area contributed by atoms with E-state index in [9.17, 15) is 9.50 Å². The summed E-state index contributed by atoms with van der Waals surface area (Å²) in [5, 5.41) is 10.1. The fraction of sp³-hybridized carbons (Fsp3) is 0.214. The van der Waals surface area contributed by atoms with Crippen LogP contribution in [0.25, 0.3) is 0 Å². The van der Waals surface area contributed by atoms with Gasteiger partial charge in [0.05, 0.1) is 6.10 Å². The third kappa shape index (κ3) is 3.15. The summed E-state index contributed by atoms with van der Waals surface area (Å²) in [6, 6.07) is 6.61. The van der Waals surface area contributed by atoms with E-state index in [0.29, 0.717) is 12.0 Å². The molecule has 0 saturated carbocycles. The lowest BCUT2D eigenvalue weighted by Crippen LogP contribution is -2.05. The smallest absolute Gasteiger partial charge is 0.129 e. The van der Waals surface area contributed by atoms with Crippen molar-refractivity contribution in [2.45, 2.75) is 19.4 Å².